The van der Waals surface area contributed by atoms with Crippen molar-refractivity contribution in [2.75, 3.05) is 6.26 Å². The summed E-state index contributed by atoms with van der Waals surface area (Å²) in [5.41, 5.74) is 4.21. The van der Waals surface area contributed by atoms with Crippen molar-refractivity contribution in [2.45, 2.75) is 12.5 Å². The summed E-state index contributed by atoms with van der Waals surface area (Å²) >= 11 is 1.58. The Balaban J connectivity index is 1.64. The van der Waals surface area contributed by atoms with Crippen LogP contribution in [0.15, 0.2) is 89.5 Å². The first-order valence-electron chi connectivity index (χ1n) is 9.82. The van der Waals surface area contributed by atoms with Crippen molar-refractivity contribution < 1.29 is 8.42 Å². The number of hydrazone groups is 1. The first-order chi connectivity index (χ1) is 15.0. The molecule has 0 spiro atoms. The number of sulfonamides is 1. The van der Waals surface area contributed by atoms with Crippen molar-refractivity contribution in [3.63, 3.8) is 0 Å². The summed E-state index contributed by atoms with van der Waals surface area (Å²) in [5.74, 6) is 0. The van der Waals surface area contributed by atoms with E-state index in [4.69, 9.17) is 5.10 Å². The summed E-state index contributed by atoms with van der Waals surface area (Å²) in [6, 6.07) is 23.0. The average Bonchev–Trinajstić information content (AvgIpc) is 3.53. The quantitative estimate of drug-likeness (QED) is 0.444. The highest BCUT2D eigenvalue weighted by molar-refractivity contribution is 7.88. The molecule has 1 aliphatic rings. The van der Waals surface area contributed by atoms with Gasteiger partial charge in [-0.25, -0.2) is 13.1 Å². The van der Waals surface area contributed by atoms with E-state index in [1.807, 2.05) is 89.1 Å². The number of benzene rings is 2. The molecule has 5 rings (SSSR count). The van der Waals surface area contributed by atoms with E-state index in [1.54, 1.807) is 11.3 Å². The molecule has 8 heteroatoms. The fraction of sp³-hybridized carbons (Fsp3) is 0.130. The van der Waals surface area contributed by atoms with Gasteiger partial charge in [-0.1, -0.05) is 54.6 Å². The van der Waals surface area contributed by atoms with Crippen LogP contribution in [0.4, 0.5) is 0 Å². The molecule has 0 N–H and O–H groups in total. The average molecular weight is 449 g/mol. The van der Waals surface area contributed by atoms with E-state index in [9.17, 15) is 8.42 Å². The first-order valence-corrected chi connectivity index (χ1v) is 12.5. The van der Waals surface area contributed by atoms with Crippen LogP contribution in [0.3, 0.4) is 0 Å². The van der Waals surface area contributed by atoms with E-state index in [2.05, 4.69) is 5.10 Å². The zero-order valence-corrected chi connectivity index (χ0v) is 18.4. The fourth-order valence-electron chi connectivity index (χ4n) is 3.78. The monoisotopic (exact) mass is 448 g/mol. The van der Waals surface area contributed by atoms with Gasteiger partial charge in [0, 0.05) is 18.2 Å². The molecule has 156 valence electrons. The lowest BCUT2D eigenvalue weighted by Gasteiger charge is -2.20. The number of para-hydroxylation sites is 1. The summed E-state index contributed by atoms with van der Waals surface area (Å²) in [4.78, 5) is 0.992. The smallest absolute Gasteiger partial charge is 0.240 e. The number of rotatable bonds is 5. The van der Waals surface area contributed by atoms with Gasteiger partial charge in [0.15, 0.2) is 0 Å². The second kappa shape index (κ2) is 7.79. The van der Waals surface area contributed by atoms with E-state index in [0.29, 0.717) is 6.42 Å². The van der Waals surface area contributed by atoms with Crippen LogP contribution >= 0.6 is 11.3 Å². The van der Waals surface area contributed by atoms with Gasteiger partial charge in [0.2, 0.25) is 10.0 Å². The number of hydrogen-bond donors (Lipinski definition) is 0. The largest absolute Gasteiger partial charge is 0.247 e. The Morgan fingerprint density at radius 1 is 0.968 bits per heavy atom. The molecule has 2 aromatic carbocycles. The Morgan fingerprint density at radius 2 is 1.68 bits per heavy atom. The minimum Gasteiger partial charge on any atom is -0.240 e. The summed E-state index contributed by atoms with van der Waals surface area (Å²) < 4.78 is 28.4. The molecule has 1 aliphatic heterocycles. The van der Waals surface area contributed by atoms with E-state index in [1.165, 1.54) is 10.7 Å². The van der Waals surface area contributed by atoms with Gasteiger partial charge in [-0.2, -0.15) is 14.6 Å². The Kier molecular flexibility index (Phi) is 4.95. The normalized spacial score (nSPS) is 16.5. The summed E-state index contributed by atoms with van der Waals surface area (Å²) in [7, 11) is -3.57. The predicted molar refractivity (Wildman–Crippen MR) is 124 cm³/mol. The van der Waals surface area contributed by atoms with Gasteiger partial charge in [0.1, 0.15) is 5.69 Å². The summed E-state index contributed by atoms with van der Waals surface area (Å²) in [6.07, 6.45) is 3.61. The molecule has 0 saturated carbocycles. The molecule has 2 aromatic heterocycles. The maximum absolute atomic E-state index is 12.7. The van der Waals surface area contributed by atoms with Crippen LogP contribution in [0.2, 0.25) is 0 Å². The van der Waals surface area contributed by atoms with E-state index in [-0.39, 0.29) is 0 Å². The molecular formula is C23H20N4O2S2. The third-order valence-corrected chi connectivity index (χ3v) is 7.09. The Morgan fingerprint density at radius 3 is 2.32 bits per heavy atom. The highest BCUT2D eigenvalue weighted by Gasteiger charge is 2.37. The minimum atomic E-state index is -3.57. The SMILES string of the molecule is CS(=O)(=O)N1N=C(c2ccccc2)CC1c1cn(-c2ccccc2)nc1-c1cccs1. The molecule has 0 amide bonds. The maximum Gasteiger partial charge on any atom is 0.247 e. The fourth-order valence-corrected chi connectivity index (χ4v) is 5.41. The Hall–Kier alpha value is -3.23. The standard InChI is InChI=1S/C23H20N4O2S2/c1-31(28,29)27-21(15-20(24-27)17-9-4-2-5-10-17)19-16-26(18-11-6-3-7-12-18)25-23(19)22-13-8-14-30-22/h2-14,16,21H,15H2,1H3. The second-order valence-corrected chi connectivity index (χ2v) is 10.1. The topological polar surface area (TPSA) is 67.6 Å². The third-order valence-electron chi connectivity index (χ3n) is 5.20. The van der Waals surface area contributed by atoms with Crippen molar-refractivity contribution in [1.29, 1.82) is 0 Å². The van der Waals surface area contributed by atoms with Crippen LogP contribution < -0.4 is 0 Å². The van der Waals surface area contributed by atoms with Gasteiger partial charge in [0.05, 0.1) is 28.6 Å². The van der Waals surface area contributed by atoms with Crippen LogP contribution in [0, 0.1) is 0 Å². The minimum absolute atomic E-state index is 0.459. The van der Waals surface area contributed by atoms with E-state index in [0.717, 1.165) is 33.1 Å². The summed E-state index contributed by atoms with van der Waals surface area (Å²) in [5, 5.41) is 11.4. The third kappa shape index (κ3) is 3.80. The molecule has 0 aliphatic carbocycles. The van der Waals surface area contributed by atoms with Gasteiger partial charge in [0.25, 0.3) is 0 Å². The number of nitrogens with zero attached hydrogens (tertiary/aromatic N) is 4. The number of thiophene rings is 1. The van der Waals surface area contributed by atoms with Gasteiger partial charge in [-0.3, -0.25) is 0 Å². The highest BCUT2D eigenvalue weighted by Crippen LogP contribution is 2.40. The molecule has 1 atom stereocenters. The van der Waals surface area contributed by atoms with Crippen molar-refractivity contribution >= 4 is 27.1 Å². The lowest BCUT2D eigenvalue weighted by Crippen LogP contribution is -2.26. The molecule has 0 fully saturated rings. The van der Waals surface area contributed by atoms with Crippen molar-refractivity contribution in [2.24, 2.45) is 5.10 Å². The van der Waals surface area contributed by atoms with Crippen LogP contribution in [0.25, 0.3) is 16.3 Å². The summed E-state index contributed by atoms with van der Waals surface area (Å²) in [6.45, 7) is 0. The number of aromatic nitrogens is 2. The highest BCUT2D eigenvalue weighted by atomic mass is 32.2. The van der Waals surface area contributed by atoms with E-state index >= 15 is 0 Å². The maximum atomic E-state index is 12.7. The van der Waals surface area contributed by atoms with Gasteiger partial charge in [-0.15, -0.1) is 11.3 Å². The zero-order chi connectivity index (χ0) is 21.4. The lowest BCUT2D eigenvalue weighted by molar-refractivity contribution is 0.375. The molecule has 1 unspecified atom stereocenters. The predicted octanol–water partition coefficient (Wildman–Crippen LogP) is 4.71. The second-order valence-electron chi connectivity index (χ2n) is 7.36. The van der Waals surface area contributed by atoms with Crippen molar-refractivity contribution in [3.8, 4) is 16.3 Å². The van der Waals surface area contributed by atoms with Gasteiger partial charge >= 0.3 is 0 Å². The molecule has 0 saturated heterocycles. The van der Waals surface area contributed by atoms with Crippen LogP contribution in [0.1, 0.15) is 23.6 Å². The molecule has 0 bridgehead atoms. The van der Waals surface area contributed by atoms with E-state index < -0.39 is 16.1 Å². The lowest BCUT2D eigenvalue weighted by atomic mass is 9.99. The van der Waals surface area contributed by atoms with Crippen LogP contribution in [-0.4, -0.2) is 34.6 Å². The van der Waals surface area contributed by atoms with Crippen molar-refractivity contribution in [3.05, 3.63) is 95.5 Å². The zero-order valence-electron chi connectivity index (χ0n) is 16.8. The molecular weight excluding hydrogens is 428 g/mol. The molecule has 3 heterocycles. The molecule has 6 nitrogen and oxygen atoms in total. The first kappa shape index (κ1) is 19.7. The molecule has 0 radical (unpaired) electrons. The van der Waals surface area contributed by atoms with Gasteiger partial charge < -0.3 is 0 Å². The molecule has 4 aromatic rings. The van der Waals surface area contributed by atoms with Gasteiger partial charge in [-0.05, 0) is 29.1 Å². The van der Waals surface area contributed by atoms with Crippen LogP contribution in [-0.2, 0) is 10.0 Å². The Bertz CT molecular complexity index is 1330. The Labute approximate surface area is 185 Å². The number of hydrogen-bond acceptors (Lipinski definition) is 5. The van der Waals surface area contributed by atoms with Crippen LogP contribution in [0.5, 0.6) is 0 Å². The molecule has 31 heavy (non-hydrogen) atoms. The van der Waals surface area contributed by atoms with Crippen molar-refractivity contribution in [1.82, 2.24) is 14.2 Å².